The Hall–Kier alpha value is -1.31. The lowest BCUT2D eigenvalue weighted by molar-refractivity contribution is -0.123. The average Bonchev–Trinajstić information content (AvgIpc) is 2.90. The number of amides is 1. The summed E-state index contributed by atoms with van der Waals surface area (Å²) >= 11 is 0. The highest BCUT2D eigenvalue weighted by atomic mass is 16.2. The van der Waals surface area contributed by atoms with Crippen LogP contribution in [0.5, 0.6) is 0 Å². The van der Waals surface area contributed by atoms with Crippen molar-refractivity contribution in [1.29, 1.82) is 0 Å². The number of hydrogen-bond acceptors (Lipinski definition) is 1. The number of carbonyl (C=O) groups excluding carboxylic acids is 1. The van der Waals surface area contributed by atoms with E-state index in [-0.39, 0.29) is 5.92 Å². The Balaban J connectivity index is 1.80. The third kappa shape index (κ3) is 2.48. The first-order valence-electron chi connectivity index (χ1n) is 8.11. The Morgan fingerprint density at radius 2 is 1.95 bits per heavy atom. The fourth-order valence-corrected chi connectivity index (χ4v) is 3.58. The van der Waals surface area contributed by atoms with Gasteiger partial charge in [-0.1, -0.05) is 45.2 Å². The number of benzene rings is 1. The van der Waals surface area contributed by atoms with Crippen molar-refractivity contribution in [2.45, 2.75) is 58.3 Å². The van der Waals surface area contributed by atoms with Crippen LogP contribution in [0.15, 0.2) is 18.2 Å². The lowest BCUT2D eigenvalue weighted by atomic mass is 9.88. The van der Waals surface area contributed by atoms with Crippen molar-refractivity contribution in [3.8, 4) is 0 Å². The molecular formula is C18H25NO. The molecule has 0 unspecified atom stereocenters. The molecule has 1 aromatic rings. The number of nitrogens with zero attached hydrogens (tertiary/aromatic N) is 1. The van der Waals surface area contributed by atoms with Gasteiger partial charge in [-0.2, -0.15) is 0 Å². The third-order valence-corrected chi connectivity index (χ3v) is 4.89. The maximum atomic E-state index is 12.7. The van der Waals surface area contributed by atoms with E-state index < -0.39 is 0 Å². The SMILES string of the molecule is CC(C)c1ccc2c(c1)CCN2C(=O)C1CCCCC1. The van der Waals surface area contributed by atoms with Crippen LogP contribution in [0.25, 0.3) is 0 Å². The molecule has 1 aromatic carbocycles. The van der Waals surface area contributed by atoms with E-state index in [2.05, 4.69) is 36.9 Å². The first kappa shape index (κ1) is 13.7. The van der Waals surface area contributed by atoms with E-state index in [1.165, 1.54) is 36.1 Å². The van der Waals surface area contributed by atoms with Gasteiger partial charge in [0.05, 0.1) is 0 Å². The molecule has 2 heteroatoms. The van der Waals surface area contributed by atoms with Gasteiger partial charge in [0.2, 0.25) is 5.91 Å². The molecular weight excluding hydrogens is 246 g/mol. The van der Waals surface area contributed by atoms with Gasteiger partial charge in [-0.05, 0) is 42.4 Å². The molecule has 1 saturated carbocycles. The number of hydrogen-bond donors (Lipinski definition) is 0. The van der Waals surface area contributed by atoms with E-state index in [0.717, 1.165) is 25.8 Å². The van der Waals surface area contributed by atoms with Crippen molar-refractivity contribution in [1.82, 2.24) is 0 Å². The van der Waals surface area contributed by atoms with Crippen molar-refractivity contribution in [2.75, 3.05) is 11.4 Å². The number of carbonyl (C=O) groups is 1. The normalized spacial score (nSPS) is 19.4. The summed E-state index contributed by atoms with van der Waals surface area (Å²) in [6.45, 7) is 5.33. The Morgan fingerprint density at radius 1 is 1.20 bits per heavy atom. The predicted molar refractivity (Wildman–Crippen MR) is 83.2 cm³/mol. The van der Waals surface area contributed by atoms with Crippen LogP contribution in [0.4, 0.5) is 5.69 Å². The molecule has 20 heavy (non-hydrogen) atoms. The predicted octanol–water partition coefficient (Wildman–Crippen LogP) is 4.28. The van der Waals surface area contributed by atoms with Gasteiger partial charge >= 0.3 is 0 Å². The van der Waals surface area contributed by atoms with E-state index >= 15 is 0 Å². The maximum absolute atomic E-state index is 12.7. The summed E-state index contributed by atoms with van der Waals surface area (Å²) in [5.41, 5.74) is 3.92. The van der Waals surface area contributed by atoms with Crippen LogP contribution in [-0.2, 0) is 11.2 Å². The van der Waals surface area contributed by atoms with Gasteiger partial charge < -0.3 is 4.90 Å². The van der Waals surface area contributed by atoms with Gasteiger partial charge in [0.15, 0.2) is 0 Å². The molecule has 1 aliphatic carbocycles. The van der Waals surface area contributed by atoms with Crippen LogP contribution in [0.1, 0.15) is 63.0 Å². The quantitative estimate of drug-likeness (QED) is 0.786. The van der Waals surface area contributed by atoms with Crippen LogP contribution in [-0.4, -0.2) is 12.5 Å². The first-order valence-corrected chi connectivity index (χ1v) is 8.11. The minimum Gasteiger partial charge on any atom is -0.312 e. The number of anilines is 1. The molecule has 0 spiro atoms. The molecule has 2 nitrogen and oxygen atoms in total. The van der Waals surface area contributed by atoms with E-state index in [0.29, 0.717) is 11.8 Å². The van der Waals surface area contributed by atoms with Gasteiger partial charge in [0, 0.05) is 18.2 Å². The lowest BCUT2D eigenvalue weighted by Crippen LogP contribution is -2.35. The van der Waals surface area contributed by atoms with Gasteiger partial charge in [0.1, 0.15) is 0 Å². The molecule has 1 amide bonds. The van der Waals surface area contributed by atoms with Crippen molar-refractivity contribution in [2.24, 2.45) is 5.92 Å². The molecule has 0 radical (unpaired) electrons. The summed E-state index contributed by atoms with van der Waals surface area (Å²) < 4.78 is 0. The third-order valence-electron chi connectivity index (χ3n) is 4.89. The van der Waals surface area contributed by atoms with Crippen molar-refractivity contribution >= 4 is 11.6 Å². The zero-order chi connectivity index (χ0) is 14.1. The zero-order valence-corrected chi connectivity index (χ0v) is 12.7. The molecule has 1 heterocycles. The second-order valence-corrected chi connectivity index (χ2v) is 6.62. The molecule has 0 bridgehead atoms. The van der Waals surface area contributed by atoms with E-state index in [1.54, 1.807) is 0 Å². The molecule has 0 N–H and O–H groups in total. The van der Waals surface area contributed by atoms with Crippen LogP contribution in [0.3, 0.4) is 0 Å². The zero-order valence-electron chi connectivity index (χ0n) is 12.7. The summed E-state index contributed by atoms with van der Waals surface area (Å²) in [5, 5.41) is 0. The van der Waals surface area contributed by atoms with Crippen LogP contribution >= 0.6 is 0 Å². The minimum absolute atomic E-state index is 0.277. The molecule has 0 aromatic heterocycles. The summed E-state index contributed by atoms with van der Waals surface area (Å²) in [6, 6.07) is 6.66. The maximum Gasteiger partial charge on any atom is 0.230 e. The fraction of sp³-hybridized carbons (Fsp3) is 0.611. The highest BCUT2D eigenvalue weighted by molar-refractivity contribution is 5.97. The molecule has 2 aliphatic rings. The fourth-order valence-electron chi connectivity index (χ4n) is 3.58. The van der Waals surface area contributed by atoms with Gasteiger partial charge in [0.25, 0.3) is 0 Å². The molecule has 3 rings (SSSR count). The summed E-state index contributed by atoms with van der Waals surface area (Å²) in [5.74, 6) is 1.21. The Kier molecular flexibility index (Phi) is 3.82. The highest BCUT2D eigenvalue weighted by Gasteiger charge is 2.30. The van der Waals surface area contributed by atoms with E-state index in [9.17, 15) is 4.79 Å². The lowest BCUT2D eigenvalue weighted by Gasteiger charge is -2.26. The van der Waals surface area contributed by atoms with Crippen molar-refractivity contribution in [3.05, 3.63) is 29.3 Å². The molecule has 0 atom stereocenters. The topological polar surface area (TPSA) is 20.3 Å². The van der Waals surface area contributed by atoms with Gasteiger partial charge in [-0.25, -0.2) is 0 Å². The smallest absolute Gasteiger partial charge is 0.230 e. The van der Waals surface area contributed by atoms with Crippen LogP contribution < -0.4 is 4.90 Å². The Labute approximate surface area is 122 Å². The highest BCUT2D eigenvalue weighted by Crippen LogP contribution is 2.34. The van der Waals surface area contributed by atoms with Gasteiger partial charge in [-0.3, -0.25) is 4.79 Å². The van der Waals surface area contributed by atoms with E-state index in [1.807, 2.05) is 0 Å². The molecule has 108 valence electrons. The van der Waals surface area contributed by atoms with Crippen molar-refractivity contribution in [3.63, 3.8) is 0 Å². The standard InChI is InChI=1S/C18H25NO/c1-13(2)15-8-9-17-16(12-15)10-11-19(17)18(20)14-6-4-3-5-7-14/h8-9,12-14H,3-7,10-11H2,1-2H3. The molecule has 1 fully saturated rings. The Morgan fingerprint density at radius 3 is 2.65 bits per heavy atom. The van der Waals surface area contributed by atoms with Crippen molar-refractivity contribution < 1.29 is 4.79 Å². The van der Waals surface area contributed by atoms with E-state index in [4.69, 9.17) is 0 Å². The second kappa shape index (κ2) is 5.59. The molecule has 1 aliphatic heterocycles. The largest absolute Gasteiger partial charge is 0.312 e. The average molecular weight is 271 g/mol. The first-order chi connectivity index (χ1) is 9.66. The number of rotatable bonds is 2. The Bertz CT molecular complexity index is 500. The van der Waals surface area contributed by atoms with Gasteiger partial charge in [-0.15, -0.1) is 0 Å². The monoisotopic (exact) mass is 271 g/mol. The number of fused-ring (bicyclic) bond motifs is 1. The van der Waals surface area contributed by atoms with Crippen LogP contribution in [0, 0.1) is 5.92 Å². The summed E-state index contributed by atoms with van der Waals surface area (Å²) in [6.07, 6.45) is 6.96. The minimum atomic E-state index is 0.277. The summed E-state index contributed by atoms with van der Waals surface area (Å²) in [7, 11) is 0. The van der Waals surface area contributed by atoms with Crippen LogP contribution in [0.2, 0.25) is 0 Å². The summed E-state index contributed by atoms with van der Waals surface area (Å²) in [4.78, 5) is 14.8. The molecule has 0 saturated heterocycles. The second-order valence-electron chi connectivity index (χ2n) is 6.62.